The Morgan fingerprint density at radius 2 is 1.98 bits per heavy atom. The van der Waals surface area contributed by atoms with E-state index in [0.29, 0.717) is 29.1 Å². The third-order valence-electron chi connectivity index (χ3n) is 5.97. The van der Waals surface area contributed by atoms with Crippen LogP contribution < -0.4 is 5.32 Å². The fourth-order valence-electron chi connectivity index (χ4n) is 4.15. The highest BCUT2D eigenvalue weighted by molar-refractivity contribution is 7.22. The van der Waals surface area contributed by atoms with Gasteiger partial charge in [0.1, 0.15) is 11.3 Å². The molecule has 1 N–H and O–H groups in total. The topological polar surface area (TPSA) is 111 Å². The Morgan fingerprint density at radius 1 is 1.15 bits per heavy atom. The van der Waals surface area contributed by atoms with Crippen molar-refractivity contribution in [2.75, 3.05) is 18.9 Å². The molecule has 212 valence electrons. The number of hydrogen-bond donors (Lipinski definition) is 1. The third kappa shape index (κ3) is 6.62. The Labute approximate surface area is 239 Å². The quantitative estimate of drug-likeness (QED) is 0.231. The molecule has 1 aromatic carbocycles. The maximum atomic E-state index is 14.9. The van der Waals surface area contributed by atoms with Gasteiger partial charge in [-0.2, -0.15) is 4.39 Å². The van der Waals surface area contributed by atoms with E-state index in [2.05, 4.69) is 30.6 Å². The van der Waals surface area contributed by atoms with Crippen molar-refractivity contribution < 1.29 is 18.3 Å². The number of hydrogen-bond acceptors (Lipinski definition) is 9. The first-order valence-electron chi connectivity index (χ1n) is 12.8. The van der Waals surface area contributed by atoms with E-state index >= 15 is 0 Å². The van der Waals surface area contributed by atoms with Crippen molar-refractivity contribution in [3.63, 3.8) is 0 Å². The average molecular weight is 579 g/mol. The van der Waals surface area contributed by atoms with E-state index in [1.54, 1.807) is 44.9 Å². The molecular formula is C28H28F2N8O2S. The lowest BCUT2D eigenvalue weighted by Gasteiger charge is -2.25. The zero-order chi connectivity index (χ0) is 29.1. The standard InChI is InChI=1S/C28H28F2N8O2S/c1-28(2,3)40-27(39)37(4)16-18-14-32-23(30)13-20(18)19-7-5-6-17-12-22(41-25(17)19)24-21(29)15-33-26(35-24)31-8-10-38-11-9-34-36-38/h5-7,9,11-15H,8,10,16H2,1-4H3,(H,31,33,35). The summed E-state index contributed by atoms with van der Waals surface area (Å²) in [6.45, 7) is 6.53. The van der Waals surface area contributed by atoms with E-state index in [4.69, 9.17) is 4.74 Å². The molecule has 0 bridgehead atoms. The normalized spacial score (nSPS) is 11.6. The van der Waals surface area contributed by atoms with E-state index in [-0.39, 0.29) is 18.2 Å². The number of pyridine rings is 1. The highest BCUT2D eigenvalue weighted by Crippen LogP contribution is 2.40. The van der Waals surface area contributed by atoms with Crippen LogP contribution in [0.5, 0.6) is 0 Å². The number of thiophene rings is 1. The van der Waals surface area contributed by atoms with Gasteiger partial charge in [-0.25, -0.2) is 24.1 Å². The zero-order valence-electron chi connectivity index (χ0n) is 22.9. The van der Waals surface area contributed by atoms with Crippen molar-refractivity contribution in [2.45, 2.75) is 39.5 Å². The molecule has 0 saturated carbocycles. The van der Waals surface area contributed by atoms with Crippen LogP contribution in [0.3, 0.4) is 0 Å². The molecule has 0 radical (unpaired) electrons. The monoisotopic (exact) mass is 578 g/mol. The van der Waals surface area contributed by atoms with Crippen LogP contribution in [-0.4, -0.2) is 60.1 Å². The summed E-state index contributed by atoms with van der Waals surface area (Å²) in [4.78, 5) is 26.9. The smallest absolute Gasteiger partial charge is 0.410 e. The Morgan fingerprint density at radius 3 is 2.73 bits per heavy atom. The molecule has 0 saturated heterocycles. The van der Waals surface area contributed by atoms with E-state index in [0.717, 1.165) is 21.8 Å². The summed E-state index contributed by atoms with van der Waals surface area (Å²) in [6.07, 6.45) is 5.37. The van der Waals surface area contributed by atoms with Crippen LogP contribution in [0.15, 0.2) is 55.1 Å². The Bertz CT molecular complexity index is 1680. The predicted molar refractivity (Wildman–Crippen MR) is 152 cm³/mol. The first-order valence-corrected chi connectivity index (χ1v) is 13.6. The molecule has 0 spiro atoms. The minimum Gasteiger partial charge on any atom is -0.444 e. The van der Waals surface area contributed by atoms with E-state index < -0.39 is 23.5 Å². The van der Waals surface area contributed by atoms with Crippen molar-refractivity contribution in [3.8, 4) is 21.7 Å². The maximum Gasteiger partial charge on any atom is 0.410 e. The number of aromatic nitrogens is 6. The number of nitrogens with zero attached hydrogens (tertiary/aromatic N) is 7. The molecule has 1 amide bonds. The van der Waals surface area contributed by atoms with Crippen molar-refractivity contribution in [1.82, 2.24) is 34.8 Å². The molecule has 13 heteroatoms. The van der Waals surface area contributed by atoms with Gasteiger partial charge < -0.3 is 15.0 Å². The number of nitrogens with one attached hydrogen (secondary N) is 1. The van der Waals surface area contributed by atoms with Crippen molar-refractivity contribution in [3.05, 3.63) is 72.4 Å². The molecule has 0 atom stereocenters. The molecule has 4 aromatic heterocycles. The summed E-state index contributed by atoms with van der Waals surface area (Å²) in [6, 6.07) is 8.80. The minimum atomic E-state index is -0.656. The number of carbonyl (C=O) groups excluding carboxylic acids is 1. The van der Waals surface area contributed by atoms with Crippen molar-refractivity contribution >= 4 is 33.5 Å². The average Bonchev–Trinajstić information content (AvgIpc) is 3.59. The van der Waals surface area contributed by atoms with Gasteiger partial charge in [-0.1, -0.05) is 23.4 Å². The Balaban J connectivity index is 1.46. The first-order chi connectivity index (χ1) is 19.6. The van der Waals surface area contributed by atoms with E-state index in [1.807, 2.05) is 24.3 Å². The fraction of sp³-hybridized carbons (Fsp3) is 0.286. The van der Waals surface area contributed by atoms with Crippen LogP contribution in [0.1, 0.15) is 26.3 Å². The minimum absolute atomic E-state index is 0.149. The second-order valence-electron chi connectivity index (χ2n) is 10.3. The van der Waals surface area contributed by atoms with Crippen LogP contribution in [0.4, 0.5) is 19.5 Å². The summed E-state index contributed by atoms with van der Waals surface area (Å²) in [5.41, 5.74) is 1.44. The molecule has 0 aliphatic carbocycles. The number of carbonyl (C=O) groups is 1. The molecule has 10 nitrogen and oxygen atoms in total. The van der Waals surface area contributed by atoms with Crippen molar-refractivity contribution in [2.24, 2.45) is 0 Å². The number of benzene rings is 1. The van der Waals surface area contributed by atoms with Gasteiger partial charge in [-0.05, 0) is 43.4 Å². The van der Waals surface area contributed by atoms with E-state index in [1.165, 1.54) is 28.5 Å². The predicted octanol–water partition coefficient (Wildman–Crippen LogP) is 5.77. The van der Waals surface area contributed by atoms with Crippen molar-refractivity contribution in [1.29, 1.82) is 0 Å². The van der Waals surface area contributed by atoms with Gasteiger partial charge in [0.05, 0.1) is 30.4 Å². The SMILES string of the molecule is CN(Cc1cnc(F)cc1-c1cccc2cc(-c3nc(NCCn4ccnn4)ncc3F)sc12)C(=O)OC(C)(C)C. The second-order valence-corrected chi connectivity index (χ2v) is 11.4. The summed E-state index contributed by atoms with van der Waals surface area (Å²) in [5, 5.41) is 11.6. The largest absolute Gasteiger partial charge is 0.444 e. The molecule has 5 aromatic rings. The first kappa shape index (κ1) is 28.0. The lowest BCUT2D eigenvalue weighted by Crippen LogP contribution is -2.34. The number of rotatable bonds is 8. The molecule has 0 fully saturated rings. The Hall–Kier alpha value is -4.52. The number of fused-ring (bicyclic) bond motifs is 1. The summed E-state index contributed by atoms with van der Waals surface area (Å²) >= 11 is 1.34. The second kappa shape index (κ2) is 11.5. The van der Waals surface area contributed by atoms with Gasteiger partial charge in [0, 0.05) is 42.3 Å². The molecule has 0 aliphatic rings. The van der Waals surface area contributed by atoms with Gasteiger partial charge in [-0.3, -0.25) is 4.68 Å². The molecule has 5 rings (SSSR count). The summed E-state index contributed by atoms with van der Waals surface area (Å²) < 4.78 is 37.3. The van der Waals surface area contributed by atoms with E-state index in [9.17, 15) is 13.6 Å². The number of anilines is 1. The van der Waals surface area contributed by atoms with Crippen LogP contribution in [0.2, 0.25) is 0 Å². The Kier molecular flexibility index (Phi) is 7.88. The molecule has 0 aliphatic heterocycles. The lowest BCUT2D eigenvalue weighted by atomic mass is 10.00. The highest BCUT2D eigenvalue weighted by Gasteiger charge is 2.22. The van der Waals surface area contributed by atoms with Gasteiger partial charge in [-0.15, -0.1) is 16.4 Å². The number of ether oxygens (including phenoxy) is 1. The molecule has 0 unspecified atom stereocenters. The summed E-state index contributed by atoms with van der Waals surface area (Å²) in [7, 11) is 1.61. The van der Waals surface area contributed by atoms with Crippen LogP contribution >= 0.6 is 11.3 Å². The van der Waals surface area contributed by atoms with Crippen LogP contribution in [-0.2, 0) is 17.8 Å². The fourth-order valence-corrected chi connectivity index (χ4v) is 5.32. The number of amides is 1. The third-order valence-corrected chi connectivity index (χ3v) is 7.16. The molecule has 4 heterocycles. The molecule has 41 heavy (non-hydrogen) atoms. The molecular weight excluding hydrogens is 550 g/mol. The van der Waals surface area contributed by atoms with Crippen LogP contribution in [0.25, 0.3) is 31.8 Å². The number of halogens is 2. The zero-order valence-corrected chi connectivity index (χ0v) is 23.7. The summed E-state index contributed by atoms with van der Waals surface area (Å²) in [5.74, 6) is -0.932. The van der Waals surface area contributed by atoms with Gasteiger partial charge in [0.2, 0.25) is 11.9 Å². The van der Waals surface area contributed by atoms with Gasteiger partial charge in [0.15, 0.2) is 5.82 Å². The van der Waals surface area contributed by atoms with Gasteiger partial charge in [0.25, 0.3) is 0 Å². The highest BCUT2D eigenvalue weighted by atomic mass is 32.1. The van der Waals surface area contributed by atoms with Gasteiger partial charge >= 0.3 is 6.09 Å². The maximum absolute atomic E-state index is 14.9. The lowest BCUT2D eigenvalue weighted by molar-refractivity contribution is 0.0285. The van der Waals surface area contributed by atoms with Crippen LogP contribution in [0, 0.1) is 11.8 Å².